The monoisotopic (exact) mass is 228 g/mol. The quantitative estimate of drug-likeness (QED) is 0.730. The van der Waals surface area contributed by atoms with E-state index in [2.05, 4.69) is 12.1 Å². The van der Waals surface area contributed by atoms with Crippen molar-refractivity contribution in [1.29, 1.82) is 0 Å². The largest absolute Gasteiger partial charge is 0.399 e. The minimum Gasteiger partial charge on any atom is -0.399 e. The van der Waals surface area contributed by atoms with Gasteiger partial charge in [0.05, 0.1) is 0 Å². The standard InChI is InChI=1S/C14H16N2.CH4/c1-9-7-11(3-5-13(9)15)12-4-6-14(16)10(2)8-12;/h3-8H,15-16H2,1-2H3;1H4. The summed E-state index contributed by atoms with van der Waals surface area (Å²) in [5.41, 5.74) is 17.8. The molecule has 0 radical (unpaired) electrons. The molecule has 0 saturated carbocycles. The van der Waals surface area contributed by atoms with E-state index in [1.54, 1.807) is 0 Å². The zero-order valence-corrected chi connectivity index (χ0v) is 9.62. The van der Waals surface area contributed by atoms with E-state index in [1.807, 2.05) is 38.1 Å². The summed E-state index contributed by atoms with van der Waals surface area (Å²) in [6.07, 6.45) is 0. The summed E-state index contributed by atoms with van der Waals surface area (Å²) >= 11 is 0. The molecule has 0 saturated heterocycles. The van der Waals surface area contributed by atoms with Crippen LogP contribution in [0.2, 0.25) is 0 Å². The second kappa shape index (κ2) is 4.91. The first-order valence-corrected chi connectivity index (χ1v) is 5.30. The van der Waals surface area contributed by atoms with Gasteiger partial charge < -0.3 is 11.5 Å². The second-order valence-electron chi connectivity index (χ2n) is 4.14. The fourth-order valence-electron chi connectivity index (χ4n) is 1.71. The van der Waals surface area contributed by atoms with E-state index in [0.717, 1.165) is 22.5 Å². The Morgan fingerprint density at radius 1 is 0.706 bits per heavy atom. The molecule has 4 N–H and O–H groups in total. The van der Waals surface area contributed by atoms with Gasteiger partial charge in [-0.1, -0.05) is 19.6 Å². The Morgan fingerprint density at radius 3 is 1.35 bits per heavy atom. The molecular formula is C15H20N2. The Labute approximate surface area is 103 Å². The highest BCUT2D eigenvalue weighted by molar-refractivity contribution is 5.70. The fourth-order valence-corrected chi connectivity index (χ4v) is 1.71. The number of nitrogens with two attached hydrogens (primary N) is 2. The average Bonchev–Trinajstić information content (AvgIpc) is 2.26. The van der Waals surface area contributed by atoms with E-state index in [1.165, 1.54) is 11.1 Å². The van der Waals surface area contributed by atoms with Crippen molar-refractivity contribution in [2.24, 2.45) is 0 Å². The number of aryl methyl sites for hydroxylation is 2. The Hall–Kier alpha value is -1.96. The van der Waals surface area contributed by atoms with Crippen LogP contribution in [-0.4, -0.2) is 0 Å². The molecule has 2 nitrogen and oxygen atoms in total. The molecule has 17 heavy (non-hydrogen) atoms. The Bertz CT molecular complexity index is 481. The van der Waals surface area contributed by atoms with Crippen LogP contribution in [0, 0.1) is 13.8 Å². The van der Waals surface area contributed by atoms with Crippen molar-refractivity contribution in [1.82, 2.24) is 0 Å². The van der Waals surface area contributed by atoms with E-state index < -0.39 is 0 Å². The highest BCUT2D eigenvalue weighted by atomic mass is 14.6. The Balaban J connectivity index is 0.00000144. The predicted molar refractivity (Wildman–Crippen MR) is 76.9 cm³/mol. The summed E-state index contributed by atoms with van der Waals surface area (Å²) in [4.78, 5) is 0. The van der Waals surface area contributed by atoms with E-state index in [-0.39, 0.29) is 7.43 Å². The van der Waals surface area contributed by atoms with Crippen molar-refractivity contribution in [3.05, 3.63) is 47.5 Å². The van der Waals surface area contributed by atoms with Gasteiger partial charge in [0.1, 0.15) is 0 Å². The van der Waals surface area contributed by atoms with E-state index in [9.17, 15) is 0 Å². The van der Waals surface area contributed by atoms with Gasteiger partial charge in [-0.15, -0.1) is 0 Å². The van der Waals surface area contributed by atoms with Crippen molar-refractivity contribution in [3.63, 3.8) is 0 Å². The highest BCUT2D eigenvalue weighted by Crippen LogP contribution is 2.25. The van der Waals surface area contributed by atoms with Crippen LogP contribution in [0.15, 0.2) is 36.4 Å². The van der Waals surface area contributed by atoms with E-state index >= 15 is 0 Å². The van der Waals surface area contributed by atoms with Crippen LogP contribution < -0.4 is 11.5 Å². The smallest absolute Gasteiger partial charge is 0.0344 e. The maximum absolute atomic E-state index is 5.80. The third kappa shape index (κ3) is 2.59. The van der Waals surface area contributed by atoms with E-state index in [4.69, 9.17) is 11.5 Å². The topological polar surface area (TPSA) is 52.0 Å². The van der Waals surface area contributed by atoms with Crippen molar-refractivity contribution < 1.29 is 0 Å². The molecule has 2 aromatic carbocycles. The zero-order valence-electron chi connectivity index (χ0n) is 9.62. The normalized spacial score (nSPS) is 9.76. The number of anilines is 2. The van der Waals surface area contributed by atoms with Gasteiger partial charge in [-0.25, -0.2) is 0 Å². The van der Waals surface area contributed by atoms with Crippen LogP contribution in [0.5, 0.6) is 0 Å². The molecule has 0 heterocycles. The number of hydrogen-bond acceptors (Lipinski definition) is 2. The van der Waals surface area contributed by atoms with Crippen LogP contribution >= 0.6 is 0 Å². The third-order valence-corrected chi connectivity index (χ3v) is 2.87. The lowest BCUT2D eigenvalue weighted by Gasteiger charge is -2.07. The Kier molecular flexibility index (Phi) is 3.79. The van der Waals surface area contributed by atoms with Crippen LogP contribution in [0.1, 0.15) is 18.6 Å². The molecule has 2 heteroatoms. The average molecular weight is 228 g/mol. The Morgan fingerprint density at radius 2 is 1.06 bits per heavy atom. The van der Waals surface area contributed by atoms with Gasteiger partial charge >= 0.3 is 0 Å². The summed E-state index contributed by atoms with van der Waals surface area (Å²) in [6.45, 7) is 4.03. The summed E-state index contributed by atoms with van der Waals surface area (Å²) in [5, 5.41) is 0. The molecule has 0 bridgehead atoms. The zero-order chi connectivity index (χ0) is 11.7. The van der Waals surface area contributed by atoms with Gasteiger partial charge in [0.2, 0.25) is 0 Å². The first kappa shape index (κ1) is 13.1. The number of rotatable bonds is 1. The van der Waals surface area contributed by atoms with Crippen molar-refractivity contribution in [2.45, 2.75) is 21.3 Å². The lowest BCUT2D eigenvalue weighted by atomic mass is 10.0. The second-order valence-corrected chi connectivity index (χ2v) is 4.14. The molecule has 2 aromatic rings. The molecule has 0 aliphatic rings. The van der Waals surface area contributed by atoms with Crippen molar-refractivity contribution in [3.8, 4) is 11.1 Å². The number of hydrogen-bond donors (Lipinski definition) is 2. The molecule has 0 unspecified atom stereocenters. The van der Waals surface area contributed by atoms with Crippen molar-refractivity contribution in [2.75, 3.05) is 11.5 Å². The fraction of sp³-hybridized carbons (Fsp3) is 0.200. The highest BCUT2D eigenvalue weighted by Gasteiger charge is 2.01. The van der Waals surface area contributed by atoms with Crippen molar-refractivity contribution >= 4 is 11.4 Å². The number of benzene rings is 2. The summed E-state index contributed by atoms with van der Waals surface area (Å²) < 4.78 is 0. The molecule has 0 aliphatic carbocycles. The van der Waals surface area contributed by atoms with Gasteiger partial charge in [-0.3, -0.25) is 0 Å². The van der Waals surface area contributed by atoms with Crippen LogP contribution in [-0.2, 0) is 0 Å². The molecule has 0 fully saturated rings. The summed E-state index contributed by atoms with van der Waals surface area (Å²) in [5.74, 6) is 0. The molecule has 90 valence electrons. The molecular weight excluding hydrogens is 208 g/mol. The first-order chi connectivity index (χ1) is 7.58. The van der Waals surface area contributed by atoms with E-state index in [0.29, 0.717) is 0 Å². The molecule has 0 atom stereocenters. The molecule has 0 amide bonds. The molecule has 2 rings (SSSR count). The maximum Gasteiger partial charge on any atom is 0.0344 e. The molecule has 0 spiro atoms. The van der Waals surface area contributed by atoms with Gasteiger partial charge in [0.25, 0.3) is 0 Å². The van der Waals surface area contributed by atoms with Gasteiger partial charge in [0.15, 0.2) is 0 Å². The van der Waals surface area contributed by atoms with Gasteiger partial charge in [-0.05, 0) is 60.4 Å². The first-order valence-electron chi connectivity index (χ1n) is 5.30. The maximum atomic E-state index is 5.80. The minimum atomic E-state index is 0. The van der Waals surface area contributed by atoms with Crippen LogP contribution in [0.3, 0.4) is 0 Å². The minimum absolute atomic E-state index is 0. The molecule has 0 aliphatic heterocycles. The summed E-state index contributed by atoms with van der Waals surface area (Å²) in [6, 6.07) is 12.1. The third-order valence-electron chi connectivity index (χ3n) is 2.87. The lowest BCUT2D eigenvalue weighted by Crippen LogP contribution is -1.91. The summed E-state index contributed by atoms with van der Waals surface area (Å²) in [7, 11) is 0. The SMILES string of the molecule is C.Cc1cc(-c2ccc(N)c(C)c2)ccc1N. The van der Waals surface area contributed by atoms with Crippen LogP contribution in [0.4, 0.5) is 11.4 Å². The number of nitrogen functional groups attached to an aromatic ring is 2. The lowest BCUT2D eigenvalue weighted by molar-refractivity contribution is 1.44. The predicted octanol–water partition coefficient (Wildman–Crippen LogP) is 3.77. The van der Waals surface area contributed by atoms with Gasteiger partial charge in [0, 0.05) is 11.4 Å². The van der Waals surface area contributed by atoms with Crippen LogP contribution in [0.25, 0.3) is 11.1 Å². The van der Waals surface area contributed by atoms with Gasteiger partial charge in [-0.2, -0.15) is 0 Å². The molecule has 0 aromatic heterocycles.